The quantitative estimate of drug-likeness (QED) is 0.848. The van der Waals surface area contributed by atoms with Gasteiger partial charge in [-0.1, -0.05) is 24.2 Å². The van der Waals surface area contributed by atoms with Crippen molar-refractivity contribution in [3.05, 3.63) is 47.0 Å². The molecule has 1 amide bonds. The number of nitrogens with zero attached hydrogens (tertiary/aromatic N) is 1. The smallest absolute Gasteiger partial charge is 0.251 e. The Bertz CT molecular complexity index is 434. The van der Waals surface area contributed by atoms with Crippen LogP contribution in [0.3, 0.4) is 0 Å². The predicted octanol–water partition coefficient (Wildman–Crippen LogP) is 2.04. The fourth-order valence-corrected chi connectivity index (χ4v) is 1.08. The van der Waals surface area contributed by atoms with Crippen LogP contribution in [-0.4, -0.2) is 12.5 Å². The lowest BCUT2D eigenvalue weighted by Crippen LogP contribution is -2.24. The highest BCUT2D eigenvalue weighted by molar-refractivity contribution is 6.29. The normalized spacial score (nSPS) is 9.07. The van der Waals surface area contributed by atoms with Crippen LogP contribution in [0, 0.1) is 11.3 Å². The molecule has 1 N–H and O–H groups in total. The van der Waals surface area contributed by atoms with Crippen LogP contribution >= 0.6 is 11.6 Å². The van der Waals surface area contributed by atoms with Gasteiger partial charge in [-0.05, 0) is 18.2 Å². The summed E-state index contributed by atoms with van der Waals surface area (Å²) in [7, 11) is 0. The molecule has 15 heavy (non-hydrogen) atoms. The second-order valence-electron chi connectivity index (χ2n) is 2.89. The van der Waals surface area contributed by atoms with Crippen molar-refractivity contribution in [3.8, 4) is 6.07 Å². The van der Waals surface area contributed by atoms with Crippen molar-refractivity contribution < 1.29 is 4.79 Å². The van der Waals surface area contributed by atoms with Gasteiger partial charge < -0.3 is 5.32 Å². The third-order valence-electron chi connectivity index (χ3n) is 1.69. The molecule has 1 rings (SSSR count). The van der Waals surface area contributed by atoms with Gasteiger partial charge in [-0.2, -0.15) is 5.26 Å². The van der Waals surface area contributed by atoms with Gasteiger partial charge in [0.05, 0.1) is 18.2 Å². The summed E-state index contributed by atoms with van der Waals surface area (Å²) in [5.41, 5.74) is 0.888. The van der Waals surface area contributed by atoms with Gasteiger partial charge in [-0.15, -0.1) is 0 Å². The van der Waals surface area contributed by atoms with Crippen molar-refractivity contribution >= 4 is 17.5 Å². The van der Waals surface area contributed by atoms with E-state index in [4.69, 9.17) is 16.9 Å². The molecule has 0 heterocycles. The predicted molar refractivity (Wildman–Crippen MR) is 58.5 cm³/mol. The van der Waals surface area contributed by atoms with Crippen LogP contribution in [0.1, 0.15) is 15.9 Å². The molecule has 0 unspecified atom stereocenters. The number of carbonyl (C=O) groups excluding carboxylic acids is 1. The van der Waals surface area contributed by atoms with Gasteiger partial charge in [0.2, 0.25) is 0 Å². The largest absolute Gasteiger partial charge is 0.347 e. The number of nitrogens with one attached hydrogen (secondary N) is 1. The molecule has 0 spiro atoms. The van der Waals surface area contributed by atoms with E-state index in [0.717, 1.165) is 0 Å². The summed E-state index contributed by atoms with van der Waals surface area (Å²) in [6.07, 6.45) is 0. The molecule has 0 bridgehead atoms. The van der Waals surface area contributed by atoms with Crippen LogP contribution < -0.4 is 5.32 Å². The zero-order valence-electron chi connectivity index (χ0n) is 7.96. The van der Waals surface area contributed by atoms with Gasteiger partial charge in [0.1, 0.15) is 0 Å². The molecule has 3 nitrogen and oxygen atoms in total. The van der Waals surface area contributed by atoms with Crippen molar-refractivity contribution in [1.82, 2.24) is 5.32 Å². The molecule has 0 saturated carbocycles. The summed E-state index contributed by atoms with van der Waals surface area (Å²) in [4.78, 5) is 11.5. The fourth-order valence-electron chi connectivity index (χ4n) is 1.01. The Morgan fingerprint density at radius 1 is 1.60 bits per heavy atom. The second kappa shape index (κ2) is 5.18. The minimum Gasteiger partial charge on any atom is -0.347 e. The van der Waals surface area contributed by atoms with Crippen molar-refractivity contribution in [1.29, 1.82) is 5.26 Å². The number of hydrogen-bond donors (Lipinski definition) is 1. The van der Waals surface area contributed by atoms with E-state index >= 15 is 0 Å². The number of amides is 1. The molecule has 0 radical (unpaired) electrons. The number of benzene rings is 1. The molecule has 0 aliphatic heterocycles. The standard InChI is InChI=1S/C11H9ClN2O/c1-8(12)7-14-11(15)10-4-2-3-9(5-10)6-13/h2-5H,1,7H2,(H,14,15). The van der Waals surface area contributed by atoms with E-state index < -0.39 is 0 Å². The van der Waals surface area contributed by atoms with E-state index in [1.54, 1.807) is 18.2 Å². The highest BCUT2D eigenvalue weighted by Crippen LogP contribution is 2.04. The van der Waals surface area contributed by atoms with E-state index in [0.29, 0.717) is 16.2 Å². The maximum atomic E-state index is 11.5. The molecule has 0 aromatic heterocycles. The molecular formula is C11H9ClN2O. The van der Waals surface area contributed by atoms with Crippen molar-refractivity contribution in [2.45, 2.75) is 0 Å². The number of hydrogen-bond acceptors (Lipinski definition) is 2. The molecule has 0 aliphatic rings. The zero-order chi connectivity index (χ0) is 11.3. The van der Waals surface area contributed by atoms with Gasteiger partial charge in [0, 0.05) is 10.6 Å². The first-order chi connectivity index (χ1) is 7.13. The molecule has 1 aromatic carbocycles. The molecule has 76 valence electrons. The first kappa shape index (κ1) is 11.3. The van der Waals surface area contributed by atoms with Crippen LogP contribution in [0.5, 0.6) is 0 Å². The summed E-state index contributed by atoms with van der Waals surface area (Å²) in [6, 6.07) is 8.41. The topological polar surface area (TPSA) is 52.9 Å². The van der Waals surface area contributed by atoms with Gasteiger partial charge in [-0.3, -0.25) is 4.79 Å². The van der Waals surface area contributed by atoms with E-state index in [9.17, 15) is 4.79 Å². The van der Waals surface area contributed by atoms with Crippen molar-refractivity contribution in [3.63, 3.8) is 0 Å². The van der Waals surface area contributed by atoms with Crippen molar-refractivity contribution in [2.75, 3.05) is 6.54 Å². The molecule has 4 heteroatoms. The monoisotopic (exact) mass is 220 g/mol. The Hall–Kier alpha value is -1.79. The lowest BCUT2D eigenvalue weighted by molar-refractivity contribution is 0.0957. The molecule has 1 aromatic rings. The van der Waals surface area contributed by atoms with E-state index in [1.807, 2.05) is 6.07 Å². The van der Waals surface area contributed by atoms with Crippen molar-refractivity contribution in [2.24, 2.45) is 0 Å². The Morgan fingerprint density at radius 3 is 2.93 bits per heavy atom. The zero-order valence-corrected chi connectivity index (χ0v) is 8.71. The highest BCUT2D eigenvalue weighted by Gasteiger charge is 2.05. The lowest BCUT2D eigenvalue weighted by Gasteiger charge is -2.03. The van der Waals surface area contributed by atoms with Crippen LogP contribution in [-0.2, 0) is 0 Å². The Kier molecular flexibility index (Phi) is 3.90. The summed E-state index contributed by atoms with van der Waals surface area (Å²) < 4.78 is 0. The summed E-state index contributed by atoms with van der Waals surface area (Å²) in [5.74, 6) is -0.270. The van der Waals surface area contributed by atoms with E-state index in [1.165, 1.54) is 6.07 Å². The maximum absolute atomic E-state index is 11.5. The molecule has 0 aliphatic carbocycles. The molecule has 0 fully saturated rings. The van der Waals surface area contributed by atoms with Gasteiger partial charge in [0.25, 0.3) is 5.91 Å². The Morgan fingerprint density at radius 2 is 2.33 bits per heavy atom. The first-order valence-corrected chi connectivity index (χ1v) is 4.63. The number of nitriles is 1. The fraction of sp³-hybridized carbons (Fsp3) is 0.0909. The third kappa shape index (κ3) is 3.45. The average molecular weight is 221 g/mol. The van der Waals surface area contributed by atoms with E-state index in [-0.39, 0.29) is 12.5 Å². The number of carbonyl (C=O) groups is 1. The summed E-state index contributed by atoms with van der Waals surface area (Å²) in [6.45, 7) is 3.67. The molecule has 0 saturated heterocycles. The second-order valence-corrected chi connectivity index (χ2v) is 3.43. The number of rotatable bonds is 3. The van der Waals surface area contributed by atoms with Crippen LogP contribution in [0.4, 0.5) is 0 Å². The Labute approximate surface area is 93.0 Å². The summed E-state index contributed by atoms with van der Waals surface area (Å²) in [5, 5.41) is 11.6. The van der Waals surface area contributed by atoms with Gasteiger partial charge >= 0.3 is 0 Å². The first-order valence-electron chi connectivity index (χ1n) is 4.25. The minimum atomic E-state index is -0.270. The highest BCUT2D eigenvalue weighted by atomic mass is 35.5. The van der Waals surface area contributed by atoms with Gasteiger partial charge in [0.15, 0.2) is 0 Å². The SMILES string of the molecule is C=C(Cl)CNC(=O)c1cccc(C#N)c1. The maximum Gasteiger partial charge on any atom is 0.251 e. The average Bonchev–Trinajstić information content (AvgIpc) is 2.26. The molecule has 0 atom stereocenters. The van der Waals surface area contributed by atoms with Crippen LogP contribution in [0.15, 0.2) is 35.9 Å². The number of halogens is 1. The lowest BCUT2D eigenvalue weighted by atomic mass is 10.1. The third-order valence-corrected chi connectivity index (χ3v) is 1.83. The van der Waals surface area contributed by atoms with Crippen LogP contribution in [0.2, 0.25) is 0 Å². The minimum absolute atomic E-state index is 0.219. The summed E-state index contributed by atoms with van der Waals surface area (Å²) >= 11 is 5.51. The van der Waals surface area contributed by atoms with E-state index in [2.05, 4.69) is 11.9 Å². The van der Waals surface area contributed by atoms with Crippen LogP contribution in [0.25, 0.3) is 0 Å². The molecular weight excluding hydrogens is 212 g/mol. The Balaban J connectivity index is 2.74. The van der Waals surface area contributed by atoms with Gasteiger partial charge in [-0.25, -0.2) is 0 Å².